The smallest absolute Gasteiger partial charge is 0.353 e. The summed E-state index contributed by atoms with van der Waals surface area (Å²) in [5.74, 6) is -2.14. The van der Waals surface area contributed by atoms with Crippen LogP contribution < -0.4 is 0 Å². The van der Waals surface area contributed by atoms with Gasteiger partial charge < -0.3 is 10.2 Å². The van der Waals surface area contributed by atoms with Crippen LogP contribution in [0.1, 0.15) is 32.0 Å². The van der Waals surface area contributed by atoms with Gasteiger partial charge in [0, 0.05) is 5.56 Å². The van der Waals surface area contributed by atoms with Crippen LogP contribution in [0.15, 0.2) is 18.2 Å². The first-order chi connectivity index (χ1) is 8.90. The highest BCUT2D eigenvalue weighted by molar-refractivity contribution is 5.91. The van der Waals surface area contributed by atoms with E-state index in [1.54, 1.807) is 13.0 Å². The number of H-pyrrole nitrogens is 1. The molecule has 0 saturated carbocycles. The topological polar surface area (TPSA) is 103 Å². The number of hydrogen-bond donors (Lipinski definition) is 3. The van der Waals surface area contributed by atoms with E-state index >= 15 is 0 Å². The van der Waals surface area contributed by atoms with Gasteiger partial charge in [-0.2, -0.15) is 5.10 Å². The van der Waals surface area contributed by atoms with Crippen LogP contribution in [0, 0.1) is 13.8 Å². The van der Waals surface area contributed by atoms with Crippen LogP contribution in [0.3, 0.4) is 0 Å². The molecular formula is C13H12N2O4. The quantitative estimate of drug-likeness (QED) is 0.784. The van der Waals surface area contributed by atoms with Crippen molar-refractivity contribution >= 4 is 11.9 Å². The zero-order valence-electron chi connectivity index (χ0n) is 10.4. The minimum absolute atomic E-state index is 0.0345. The van der Waals surface area contributed by atoms with E-state index in [-0.39, 0.29) is 11.3 Å². The molecule has 6 nitrogen and oxygen atoms in total. The minimum Gasteiger partial charge on any atom is -0.478 e. The first kappa shape index (κ1) is 12.8. The van der Waals surface area contributed by atoms with Crippen LogP contribution in [-0.2, 0) is 0 Å². The molecule has 0 fully saturated rings. The Labute approximate surface area is 108 Å². The molecule has 0 amide bonds. The lowest BCUT2D eigenvalue weighted by molar-refractivity contribution is 0.0682. The number of aromatic nitrogens is 2. The third-order valence-electron chi connectivity index (χ3n) is 3.00. The molecular weight excluding hydrogens is 248 g/mol. The molecule has 2 aromatic rings. The molecule has 0 bridgehead atoms. The Kier molecular flexibility index (Phi) is 3.08. The maximum atomic E-state index is 11.0. The van der Waals surface area contributed by atoms with Gasteiger partial charge in [-0.1, -0.05) is 0 Å². The van der Waals surface area contributed by atoms with Crippen LogP contribution in [0.2, 0.25) is 0 Å². The summed E-state index contributed by atoms with van der Waals surface area (Å²) in [6.07, 6.45) is 0. The molecule has 0 aliphatic heterocycles. The lowest BCUT2D eigenvalue weighted by Gasteiger charge is -2.08. The van der Waals surface area contributed by atoms with Crippen molar-refractivity contribution in [2.24, 2.45) is 0 Å². The predicted octanol–water partition coefficient (Wildman–Crippen LogP) is 2.09. The molecule has 0 radical (unpaired) electrons. The van der Waals surface area contributed by atoms with Gasteiger partial charge in [0.15, 0.2) is 0 Å². The largest absolute Gasteiger partial charge is 0.478 e. The molecule has 0 saturated heterocycles. The molecule has 1 aromatic heterocycles. The lowest BCUT2D eigenvalue weighted by Crippen LogP contribution is -1.99. The van der Waals surface area contributed by atoms with Gasteiger partial charge in [0.2, 0.25) is 0 Å². The van der Waals surface area contributed by atoms with Crippen molar-refractivity contribution in [3.8, 4) is 11.3 Å². The summed E-state index contributed by atoms with van der Waals surface area (Å²) < 4.78 is 0. The number of aromatic carboxylic acids is 2. The minimum atomic E-state index is -1.11. The summed E-state index contributed by atoms with van der Waals surface area (Å²) in [5, 5.41) is 24.2. The Morgan fingerprint density at radius 1 is 1.11 bits per heavy atom. The molecule has 0 aliphatic carbocycles. The number of carboxylic acids is 2. The van der Waals surface area contributed by atoms with Gasteiger partial charge in [-0.15, -0.1) is 0 Å². The Balaban J connectivity index is 2.59. The monoisotopic (exact) mass is 260 g/mol. The third kappa shape index (κ3) is 2.33. The molecule has 98 valence electrons. The molecule has 0 atom stereocenters. The van der Waals surface area contributed by atoms with E-state index in [2.05, 4.69) is 10.2 Å². The molecule has 1 aromatic carbocycles. The lowest BCUT2D eigenvalue weighted by atomic mass is 9.97. The van der Waals surface area contributed by atoms with E-state index in [1.807, 2.05) is 6.92 Å². The fourth-order valence-corrected chi connectivity index (χ4v) is 1.82. The van der Waals surface area contributed by atoms with Crippen molar-refractivity contribution in [2.75, 3.05) is 0 Å². The van der Waals surface area contributed by atoms with E-state index in [0.717, 1.165) is 11.1 Å². The van der Waals surface area contributed by atoms with Crippen molar-refractivity contribution in [3.63, 3.8) is 0 Å². The summed E-state index contributed by atoms with van der Waals surface area (Å²) in [6, 6.07) is 4.45. The van der Waals surface area contributed by atoms with Crippen molar-refractivity contribution in [1.82, 2.24) is 10.2 Å². The van der Waals surface area contributed by atoms with E-state index in [4.69, 9.17) is 10.2 Å². The first-order valence-corrected chi connectivity index (χ1v) is 5.53. The maximum absolute atomic E-state index is 11.0. The van der Waals surface area contributed by atoms with E-state index < -0.39 is 11.9 Å². The van der Waals surface area contributed by atoms with Crippen molar-refractivity contribution in [3.05, 3.63) is 40.6 Å². The summed E-state index contributed by atoms with van der Waals surface area (Å²) in [7, 11) is 0. The number of carbonyl (C=O) groups is 2. The van der Waals surface area contributed by atoms with Gasteiger partial charge in [0.05, 0.1) is 11.3 Å². The molecule has 19 heavy (non-hydrogen) atoms. The van der Waals surface area contributed by atoms with E-state index in [1.165, 1.54) is 12.1 Å². The second kappa shape index (κ2) is 4.56. The highest BCUT2D eigenvalue weighted by Gasteiger charge is 2.15. The van der Waals surface area contributed by atoms with Crippen LogP contribution in [0.4, 0.5) is 0 Å². The number of benzene rings is 1. The van der Waals surface area contributed by atoms with Crippen molar-refractivity contribution in [1.29, 1.82) is 0 Å². The molecule has 3 N–H and O–H groups in total. The maximum Gasteiger partial charge on any atom is 0.353 e. The van der Waals surface area contributed by atoms with Gasteiger partial charge in [0.25, 0.3) is 0 Å². The average molecular weight is 260 g/mol. The number of nitrogens with one attached hydrogen (secondary N) is 1. The predicted molar refractivity (Wildman–Crippen MR) is 67.4 cm³/mol. The number of aromatic amines is 1. The van der Waals surface area contributed by atoms with E-state index in [0.29, 0.717) is 11.3 Å². The van der Waals surface area contributed by atoms with E-state index in [9.17, 15) is 9.59 Å². The van der Waals surface area contributed by atoms with Crippen molar-refractivity contribution < 1.29 is 19.8 Å². The number of carboxylic acid groups (broad SMARTS) is 2. The molecule has 0 aliphatic rings. The summed E-state index contributed by atoms with van der Waals surface area (Å²) in [6.45, 7) is 3.64. The molecule has 6 heteroatoms. The summed E-state index contributed by atoms with van der Waals surface area (Å²) in [4.78, 5) is 21.8. The van der Waals surface area contributed by atoms with Crippen LogP contribution in [0.25, 0.3) is 11.3 Å². The summed E-state index contributed by atoms with van der Waals surface area (Å²) in [5.41, 5.74) is 2.83. The van der Waals surface area contributed by atoms with Gasteiger partial charge >= 0.3 is 11.9 Å². The first-order valence-electron chi connectivity index (χ1n) is 5.53. The standard InChI is InChI=1S/C13H12N2O4/c1-6-3-8(12(16)17)4-9(7(6)2)10-5-11(13(18)19)15-14-10/h3-5H,1-2H3,(H,14,15)(H,16,17)(H,18,19). The number of rotatable bonds is 3. The van der Waals surface area contributed by atoms with Crippen LogP contribution in [0.5, 0.6) is 0 Å². The van der Waals surface area contributed by atoms with Gasteiger partial charge in [-0.05, 0) is 43.2 Å². The number of nitrogens with zero attached hydrogens (tertiary/aromatic N) is 1. The average Bonchev–Trinajstić information content (AvgIpc) is 2.81. The Morgan fingerprint density at radius 3 is 2.32 bits per heavy atom. The number of aryl methyl sites for hydroxylation is 1. The highest BCUT2D eigenvalue weighted by Crippen LogP contribution is 2.26. The van der Waals surface area contributed by atoms with Gasteiger partial charge in [0.1, 0.15) is 5.69 Å². The van der Waals surface area contributed by atoms with Gasteiger partial charge in [-0.25, -0.2) is 9.59 Å². The molecule has 0 unspecified atom stereocenters. The fraction of sp³-hybridized carbons (Fsp3) is 0.154. The van der Waals surface area contributed by atoms with Crippen LogP contribution >= 0.6 is 0 Å². The fourth-order valence-electron chi connectivity index (χ4n) is 1.82. The van der Waals surface area contributed by atoms with Crippen LogP contribution in [-0.4, -0.2) is 32.3 Å². The second-order valence-electron chi connectivity index (χ2n) is 4.24. The Morgan fingerprint density at radius 2 is 1.79 bits per heavy atom. The Hall–Kier alpha value is -2.63. The summed E-state index contributed by atoms with van der Waals surface area (Å²) >= 11 is 0. The molecule has 1 heterocycles. The second-order valence-corrected chi connectivity index (χ2v) is 4.24. The SMILES string of the molecule is Cc1cc(C(=O)O)cc(-c2cc(C(=O)O)[nH]n2)c1C. The zero-order chi connectivity index (χ0) is 14.2. The van der Waals surface area contributed by atoms with Gasteiger partial charge in [-0.3, -0.25) is 5.10 Å². The highest BCUT2D eigenvalue weighted by atomic mass is 16.4. The van der Waals surface area contributed by atoms with Crippen molar-refractivity contribution in [2.45, 2.75) is 13.8 Å². The third-order valence-corrected chi connectivity index (χ3v) is 3.00. The number of hydrogen-bond acceptors (Lipinski definition) is 3. The normalized spacial score (nSPS) is 10.4. The zero-order valence-corrected chi connectivity index (χ0v) is 10.4. The molecule has 2 rings (SSSR count). The molecule has 0 spiro atoms. The Bertz CT molecular complexity index is 673.